The molecule has 268 valence electrons. The molecule has 14 heteroatoms. The smallest absolute Gasteiger partial charge is 0.407 e. The van der Waals surface area contributed by atoms with Gasteiger partial charge in [-0.25, -0.2) is 14.8 Å². The molecule has 3 aliphatic heterocycles. The van der Waals surface area contributed by atoms with Crippen molar-refractivity contribution in [3.8, 4) is 28.1 Å². The molecule has 4 N–H and O–H groups in total. The number of aromatic amines is 2. The number of H-pyrrole nitrogens is 2. The number of methoxy groups -OCH3 is 1. The lowest BCUT2D eigenvalue weighted by Crippen LogP contribution is -2.43. The Hall–Kier alpha value is -5.92. The number of ether oxygens (including phenoxy) is 2. The second-order valence-electron chi connectivity index (χ2n) is 13.8. The van der Waals surface area contributed by atoms with Crippen LogP contribution in [0.5, 0.6) is 5.75 Å². The quantitative estimate of drug-likeness (QED) is 0.166. The zero-order valence-corrected chi connectivity index (χ0v) is 29.2. The van der Waals surface area contributed by atoms with Crippen LogP contribution in [0.3, 0.4) is 0 Å². The number of amides is 4. The molecule has 2 aromatic heterocycles. The maximum absolute atomic E-state index is 13.1. The van der Waals surface area contributed by atoms with Gasteiger partial charge in [-0.05, 0) is 85.9 Å². The third-order valence-corrected chi connectivity index (χ3v) is 10.7. The number of likely N-dealkylation sites (tertiary alicyclic amines) is 2. The summed E-state index contributed by atoms with van der Waals surface area (Å²) >= 11 is 0. The SMILES string of the molecule is COC(=O)NCC(=O)N1[C@@H](C)CC[C@H]1c1nc2c(ccc3cc4c(cc32)OCc2cc(-c3cnc([C@@H]5CC[C@H](C)N5C(=O)CNC=O)[nH]3)ccc2-4)[nH]1. The number of fused-ring (bicyclic) bond motifs is 6. The molecule has 14 nitrogen and oxygen atoms in total. The van der Waals surface area contributed by atoms with E-state index in [1.165, 1.54) is 7.11 Å². The van der Waals surface area contributed by atoms with Gasteiger partial charge in [0.2, 0.25) is 18.2 Å². The summed E-state index contributed by atoms with van der Waals surface area (Å²) in [6, 6.07) is 14.2. The van der Waals surface area contributed by atoms with E-state index in [0.29, 0.717) is 18.8 Å². The Kier molecular flexibility index (Phi) is 8.52. The molecule has 2 saturated heterocycles. The predicted molar refractivity (Wildman–Crippen MR) is 192 cm³/mol. The number of benzene rings is 3. The van der Waals surface area contributed by atoms with Crippen LogP contribution in [0.25, 0.3) is 44.2 Å². The molecule has 5 aromatic rings. The summed E-state index contributed by atoms with van der Waals surface area (Å²) in [6.07, 6.45) is 4.96. The zero-order chi connectivity index (χ0) is 36.1. The highest BCUT2D eigenvalue weighted by molar-refractivity contribution is 6.07. The molecule has 4 atom stereocenters. The van der Waals surface area contributed by atoms with Crippen LogP contribution in [0.2, 0.25) is 0 Å². The van der Waals surface area contributed by atoms with Gasteiger partial charge < -0.3 is 39.9 Å². The van der Waals surface area contributed by atoms with Crippen molar-refractivity contribution in [1.82, 2.24) is 40.4 Å². The molecule has 52 heavy (non-hydrogen) atoms. The van der Waals surface area contributed by atoms with Crippen molar-refractivity contribution in [2.24, 2.45) is 0 Å². The van der Waals surface area contributed by atoms with Crippen molar-refractivity contribution in [3.05, 3.63) is 65.9 Å². The van der Waals surface area contributed by atoms with E-state index >= 15 is 0 Å². The molecule has 0 radical (unpaired) electrons. The van der Waals surface area contributed by atoms with E-state index in [2.05, 4.69) is 66.7 Å². The molecule has 0 unspecified atom stereocenters. The van der Waals surface area contributed by atoms with Crippen LogP contribution in [0, 0.1) is 0 Å². The Balaban J connectivity index is 1.05. The van der Waals surface area contributed by atoms with Gasteiger partial charge in [-0.15, -0.1) is 0 Å². The molecule has 0 spiro atoms. The normalized spacial score (nSPS) is 20.8. The highest BCUT2D eigenvalue weighted by Gasteiger charge is 2.38. The number of carbonyl (C=O) groups is 4. The third kappa shape index (κ3) is 5.77. The van der Waals surface area contributed by atoms with Crippen molar-refractivity contribution in [2.45, 2.75) is 70.3 Å². The molecule has 4 amide bonds. The number of hydrogen-bond acceptors (Lipinski definition) is 8. The first-order valence-electron chi connectivity index (χ1n) is 17.6. The second-order valence-corrected chi connectivity index (χ2v) is 13.8. The molecule has 5 heterocycles. The van der Waals surface area contributed by atoms with Crippen LogP contribution in [0.15, 0.2) is 48.7 Å². The number of carbonyl (C=O) groups excluding carboxylic acids is 4. The average molecular weight is 705 g/mol. The lowest BCUT2D eigenvalue weighted by molar-refractivity contribution is -0.134. The van der Waals surface area contributed by atoms with Gasteiger partial charge in [0.1, 0.15) is 30.5 Å². The topological polar surface area (TPSA) is 175 Å². The molecule has 2 fully saturated rings. The number of imidazole rings is 2. The first-order valence-corrected chi connectivity index (χ1v) is 17.6. The first kappa shape index (κ1) is 33.2. The monoisotopic (exact) mass is 704 g/mol. The van der Waals surface area contributed by atoms with Crippen molar-refractivity contribution in [3.63, 3.8) is 0 Å². The Bertz CT molecular complexity index is 2230. The zero-order valence-electron chi connectivity index (χ0n) is 29.2. The third-order valence-electron chi connectivity index (χ3n) is 10.7. The number of hydrogen-bond donors (Lipinski definition) is 4. The predicted octanol–water partition coefficient (Wildman–Crippen LogP) is 4.87. The first-order chi connectivity index (χ1) is 25.2. The highest BCUT2D eigenvalue weighted by Crippen LogP contribution is 2.44. The minimum atomic E-state index is -0.643. The Labute approximate surface area is 299 Å². The summed E-state index contributed by atoms with van der Waals surface area (Å²) in [5.41, 5.74) is 6.65. The fraction of sp³-hybridized carbons (Fsp3) is 0.368. The van der Waals surface area contributed by atoms with Crippen LogP contribution in [0.1, 0.15) is 68.8 Å². The molecule has 3 aliphatic rings. The standard InChI is InChI=1S/C38H40N8O6/c1-20-4-10-30(45(20)33(48)16-39-19-47)36-40-15-29(43-36)23-6-8-25-24(12-23)18-52-32-14-26-22(13-27(25)32)7-9-28-35(26)44-37(42-28)31-11-5-21(2)46(31)34(49)17-41-38(50)51-3/h6-9,12-15,19-21,30-31H,4-5,10-11,16-18H2,1-3H3,(H,39,47)(H,40,43)(H,41,50)(H,42,44)/t20-,21-,30-,31-/m0/s1. The lowest BCUT2D eigenvalue weighted by Gasteiger charge is -2.27. The van der Waals surface area contributed by atoms with Crippen LogP contribution >= 0.6 is 0 Å². The van der Waals surface area contributed by atoms with Crippen molar-refractivity contribution in [2.75, 3.05) is 20.2 Å². The molecule has 0 aliphatic carbocycles. The summed E-state index contributed by atoms with van der Waals surface area (Å²) in [6.45, 7) is 4.25. The van der Waals surface area contributed by atoms with Crippen LogP contribution in [-0.4, -0.2) is 86.3 Å². The van der Waals surface area contributed by atoms with E-state index in [-0.39, 0.29) is 49.1 Å². The summed E-state index contributed by atoms with van der Waals surface area (Å²) in [5.74, 6) is 1.91. The summed E-state index contributed by atoms with van der Waals surface area (Å²) in [5, 5.41) is 6.96. The second kappa shape index (κ2) is 13.3. The molecule has 8 rings (SSSR count). The largest absolute Gasteiger partial charge is 0.488 e. The van der Waals surface area contributed by atoms with E-state index in [0.717, 1.165) is 87.0 Å². The maximum atomic E-state index is 13.1. The van der Waals surface area contributed by atoms with Gasteiger partial charge in [0.25, 0.3) is 0 Å². The van der Waals surface area contributed by atoms with Gasteiger partial charge in [-0.2, -0.15) is 0 Å². The van der Waals surface area contributed by atoms with E-state index in [4.69, 9.17) is 9.72 Å². The van der Waals surface area contributed by atoms with Gasteiger partial charge in [-0.1, -0.05) is 18.2 Å². The summed E-state index contributed by atoms with van der Waals surface area (Å²) in [7, 11) is 1.27. The minimum Gasteiger partial charge on any atom is -0.488 e. The van der Waals surface area contributed by atoms with E-state index in [9.17, 15) is 19.2 Å². The van der Waals surface area contributed by atoms with Gasteiger partial charge in [0, 0.05) is 23.0 Å². The van der Waals surface area contributed by atoms with Crippen molar-refractivity contribution >= 4 is 46.1 Å². The molecular weight excluding hydrogens is 664 g/mol. The molecular formula is C38H40N8O6. The Morgan fingerprint density at radius 1 is 0.923 bits per heavy atom. The molecule has 0 bridgehead atoms. The number of alkyl carbamates (subject to hydrolysis) is 1. The average Bonchev–Trinajstić information content (AvgIpc) is 3.97. The van der Waals surface area contributed by atoms with E-state index in [1.54, 1.807) is 4.90 Å². The number of nitrogens with one attached hydrogen (secondary N) is 4. The Morgan fingerprint density at radius 2 is 1.67 bits per heavy atom. The van der Waals surface area contributed by atoms with E-state index in [1.807, 2.05) is 31.0 Å². The van der Waals surface area contributed by atoms with Crippen LogP contribution < -0.4 is 15.4 Å². The molecule has 3 aromatic carbocycles. The highest BCUT2D eigenvalue weighted by atomic mass is 16.5. The summed E-state index contributed by atoms with van der Waals surface area (Å²) < 4.78 is 11.0. The van der Waals surface area contributed by atoms with Crippen molar-refractivity contribution in [1.29, 1.82) is 0 Å². The van der Waals surface area contributed by atoms with E-state index < -0.39 is 6.09 Å². The number of nitrogens with zero attached hydrogens (tertiary/aromatic N) is 4. The lowest BCUT2D eigenvalue weighted by atomic mass is 9.92. The maximum Gasteiger partial charge on any atom is 0.407 e. The minimum absolute atomic E-state index is 0.00747. The van der Waals surface area contributed by atoms with Crippen LogP contribution in [-0.2, 0) is 25.7 Å². The fourth-order valence-electron chi connectivity index (χ4n) is 8.16. The number of rotatable bonds is 8. The van der Waals surface area contributed by atoms with Gasteiger partial charge in [0.15, 0.2) is 0 Å². The fourth-order valence-corrected chi connectivity index (χ4v) is 8.16. The summed E-state index contributed by atoms with van der Waals surface area (Å²) in [4.78, 5) is 68.6. The van der Waals surface area contributed by atoms with Gasteiger partial charge >= 0.3 is 6.09 Å². The van der Waals surface area contributed by atoms with Gasteiger partial charge in [0.05, 0.1) is 48.7 Å². The van der Waals surface area contributed by atoms with Crippen LogP contribution in [0.4, 0.5) is 4.79 Å². The van der Waals surface area contributed by atoms with Crippen molar-refractivity contribution < 1.29 is 28.7 Å². The molecule has 0 saturated carbocycles. The van der Waals surface area contributed by atoms with Gasteiger partial charge in [-0.3, -0.25) is 14.4 Å². The number of aromatic nitrogens is 4. The Morgan fingerprint density at radius 3 is 2.42 bits per heavy atom.